The van der Waals surface area contributed by atoms with Crippen LogP contribution in [0, 0.1) is 5.41 Å². The summed E-state index contributed by atoms with van der Waals surface area (Å²) in [7, 11) is 1.59. The van der Waals surface area contributed by atoms with E-state index in [1.54, 1.807) is 7.11 Å². The van der Waals surface area contributed by atoms with E-state index in [9.17, 15) is 9.59 Å². The number of benzene rings is 1. The van der Waals surface area contributed by atoms with Crippen molar-refractivity contribution in [3.05, 3.63) is 41.1 Å². The van der Waals surface area contributed by atoms with E-state index >= 15 is 0 Å². The molecule has 1 aromatic carbocycles. The lowest BCUT2D eigenvalue weighted by Crippen LogP contribution is -2.48. The van der Waals surface area contributed by atoms with Gasteiger partial charge in [0, 0.05) is 23.3 Å². The van der Waals surface area contributed by atoms with Crippen molar-refractivity contribution in [1.29, 1.82) is 0 Å². The summed E-state index contributed by atoms with van der Waals surface area (Å²) in [5.41, 5.74) is 2.07. The van der Waals surface area contributed by atoms with Crippen LogP contribution in [0.1, 0.15) is 38.3 Å². The van der Waals surface area contributed by atoms with E-state index in [1.165, 1.54) is 0 Å². The number of urea groups is 1. The maximum absolute atomic E-state index is 12.6. The number of hydrogen-bond donors (Lipinski definition) is 2. The Morgan fingerprint density at radius 2 is 1.91 bits per heavy atom. The molecule has 5 nitrogen and oxygen atoms in total. The Kier molecular flexibility index (Phi) is 3.43. The lowest BCUT2D eigenvalue weighted by atomic mass is 9.73. The van der Waals surface area contributed by atoms with Crippen LogP contribution in [-0.2, 0) is 4.79 Å². The summed E-state index contributed by atoms with van der Waals surface area (Å²) < 4.78 is 5.38. The molecule has 2 amide bonds. The number of amides is 2. The van der Waals surface area contributed by atoms with Crippen molar-refractivity contribution in [3.8, 4) is 5.75 Å². The van der Waals surface area contributed by atoms with Gasteiger partial charge < -0.3 is 15.4 Å². The number of methoxy groups -OCH3 is 1. The SMILES string of the molecule is COc1ccccc1C1NC(=O)NC2=C1C(=O)CC(C)(C)C2. The molecule has 0 saturated carbocycles. The minimum atomic E-state index is -0.455. The maximum Gasteiger partial charge on any atom is 0.319 e. The predicted molar refractivity (Wildman–Crippen MR) is 82.5 cm³/mol. The molecule has 1 unspecified atom stereocenters. The Morgan fingerprint density at radius 1 is 1.18 bits per heavy atom. The van der Waals surface area contributed by atoms with E-state index in [0.717, 1.165) is 11.3 Å². The first-order valence-electron chi connectivity index (χ1n) is 7.38. The van der Waals surface area contributed by atoms with Crippen molar-refractivity contribution >= 4 is 11.8 Å². The van der Waals surface area contributed by atoms with E-state index in [4.69, 9.17) is 4.74 Å². The Labute approximate surface area is 129 Å². The van der Waals surface area contributed by atoms with Gasteiger partial charge in [-0.15, -0.1) is 0 Å². The number of ether oxygens (including phenoxy) is 1. The molecule has 0 spiro atoms. The van der Waals surface area contributed by atoms with Crippen molar-refractivity contribution in [2.75, 3.05) is 7.11 Å². The van der Waals surface area contributed by atoms with Gasteiger partial charge in [0.2, 0.25) is 0 Å². The number of hydrogen-bond acceptors (Lipinski definition) is 3. The second-order valence-electron chi connectivity index (χ2n) is 6.61. The van der Waals surface area contributed by atoms with Crippen LogP contribution in [0.2, 0.25) is 0 Å². The summed E-state index contributed by atoms with van der Waals surface area (Å²) in [6.45, 7) is 4.09. The molecule has 2 N–H and O–H groups in total. The zero-order valence-corrected chi connectivity index (χ0v) is 13.0. The molecule has 22 heavy (non-hydrogen) atoms. The number of Topliss-reactive ketones (excluding diaryl/α,β-unsaturated/α-hetero) is 1. The van der Waals surface area contributed by atoms with Crippen LogP contribution in [0.4, 0.5) is 4.79 Å². The molecule has 1 aliphatic heterocycles. The predicted octanol–water partition coefficient (Wildman–Crippen LogP) is 2.69. The number of carbonyl (C=O) groups excluding carboxylic acids is 2. The van der Waals surface area contributed by atoms with Gasteiger partial charge in [0.25, 0.3) is 0 Å². The Hall–Kier alpha value is -2.30. The molecule has 1 aliphatic carbocycles. The number of rotatable bonds is 2. The number of nitrogens with one attached hydrogen (secondary N) is 2. The summed E-state index contributed by atoms with van der Waals surface area (Å²) in [5, 5.41) is 5.67. The van der Waals surface area contributed by atoms with Crippen LogP contribution in [-0.4, -0.2) is 18.9 Å². The van der Waals surface area contributed by atoms with Crippen molar-refractivity contribution in [2.24, 2.45) is 5.41 Å². The highest BCUT2D eigenvalue weighted by molar-refractivity contribution is 6.01. The highest BCUT2D eigenvalue weighted by Crippen LogP contribution is 2.42. The fraction of sp³-hybridized carbons (Fsp3) is 0.412. The van der Waals surface area contributed by atoms with E-state index in [1.807, 2.05) is 38.1 Å². The summed E-state index contributed by atoms with van der Waals surface area (Å²) in [6, 6.07) is 6.73. The molecule has 1 heterocycles. The first-order chi connectivity index (χ1) is 10.4. The molecule has 1 aromatic rings. The van der Waals surface area contributed by atoms with Gasteiger partial charge in [-0.1, -0.05) is 32.0 Å². The topological polar surface area (TPSA) is 67.4 Å². The molecule has 5 heteroatoms. The second-order valence-corrected chi connectivity index (χ2v) is 6.61. The van der Waals surface area contributed by atoms with Crippen molar-refractivity contribution < 1.29 is 14.3 Å². The molecule has 2 aliphatic rings. The van der Waals surface area contributed by atoms with Crippen LogP contribution < -0.4 is 15.4 Å². The summed E-state index contributed by atoms with van der Waals surface area (Å²) in [5.74, 6) is 0.744. The number of carbonyl (C=O) groups is 2. The Morgan fingerprint density at radius 3 is 2.64 bits per heavy atom. The third kappa shape index (κ3) is 2.47. The van der Waals surface area contributed by atoms with Gasteiger partial charge in [0.05, 0.1) is 13.2 Å². The molecule has 0 fully saturated rings. The van der Waals surface area contributed by atoms with E-state index in [0.29, 0.717) is 24.2 Å². The van der Waals surface area contributed by atoms with Crippen molar-refractivity contribution in [1.82, 2.24) is 10.6 Å². The molecule has 3 rings (SSSR count). The largest absolute Gasteiger partial charge is 0.496 e. The van der Waals surface area contributed by atoms with Gasteiger partial charge in [-0.05, 0) is 17.9 Å². The minimum absolute atomic E-state index is 0.0784. The minimum Gasteiger partial charge on any atom is -0.496 e. The highest BCUT2D eigenvalue weighted by atomic mass is 16.5. The number of ketones is 1. The zero-order valence-electron chi connectivity index (χ0n) is 13.0. The molecule has 1 atom stereocenters. The van der Waals surface area contributed by atoms with E-state index in [2.05, 4.69) is 10.6 Å². The smallest absolute Gasteiger partial charge is 0.319 e. The summed E-state index contributed by atoms with van der Waals surface area (Å²) in [4.78, 5) is 24.7. The zero-order chi connectivity index (χ0) is 15.9. The lowest BCUT2D eigenvalue weighted by molar-refractivity contribution is -0.118. The monoisotopic (exact) mass is 300 g/mol. The molecule has 0 aromatic heterocycles. The fourth-order valence-electron chi connectivity index (χ4n) is 3.30. The van der Waals surface area contributed by atoms with Crippen LogP contribution in [0.5, 0.6) is 5.75 Å². The van der Waals surface area contributed by atoms with Crippen LogP contribution in [0.25, 0.3) is 0 Å². The first-order valence-corrected chi connectivity index (χ1v) is 7.38. The Bertz CT molecular complexity index is 676. The number of para-hydroxylation sites is 1. The highest BCUT2D eigenvalue weighted by Gasteiger charge is 2.41. The third-order valence-electron chi connectivity index (χ3n) is 4.20. The van der Waals surface area contributed by atoms with Gasteiger partial charge in [0.1, 0.15) is 5.75 Å². The van der Waals surface area contributed by atoms with E-state index in [-0.39, 0.29) is 17.2 Å². The molecule has 116 valence electrons. The van der Waals surface area contributed by atoms with Gasteiger partial charge in [-0.25, -0.2) is 4.79 Å². The lowest BCUT2D eigenvalue weighted by Gasteiger charge is -2.38. The van der Waals surface area contributed by atoms with Crippen LogP contribution >= 0.6 is 0 Å². The average Bonchev–Trinajstić information content (AvgIpc) is 2.44. The van der Waals surface area contributed by atoms with E-state index < -0.39 is 6.04 Å². The third-order valence-corrected chi connectivity index (χ3v) is 4.20. The van der Waals surface area contributed by atoms with Crippen molar-refractivity contribution in [2.45, 2.75) is 32.7 Å². The number of allylic oxidation sites excluding steroid dienone is 1. The fourth-order valence-corrected chi connectivity index (χ4v) is 3.30. The quantitative estimate of drug-likeness (QED) is 0.882. The molecule has 0 radical (unpaired) electrons. The van der Waals surface area contributed by atoms with Gasteiger partial charge in [0.15, 0.2) is 5.78 Å². The molecule has 0 saturated heterocycles. The van der Waals surface area contributed by atoms with Crippen LogP contribution in [0.15, 0.2) is 35.5 Å². The van der Waals surface area contributed by atoms with Crippen molar-refractivity contribution in [3.63, 3.8) is 0 Å². The molecule has 0 bridgehead atoms. The molecular weight excluding hydrogens is 280 g/mol. The van der Waals surface area contributed by atoms with Gasteiger partial charge in [-0.2, -0.15) is 0 Å². The summed E-state index contributed by atoms with van der Waals surface area (Å²) in [6.07, 6.45) is 1.17. The Balaban J connectivity index is 2.11. The molecular formula is C17H20N2O3. The average molecular weight is 300 g/mol. The van der Waals surface area contributed by atoms with Gasteiger partial charge >= 0.3 is 6.03 Å². The van der Waals surface area contributed by atoms with Crippen LogP contribution in [0.3, 0.4) is 0 Å². The second kappa shape index (κ2) is 5.16. The first kappa shape index (κ1) is 14.6. The van der Waals surface area contributed by atoms with Gasteiger partial charge in [-0.3, -0.25) is 4.79 Å². The maximum atomic E-state index is 12.6. The summed E-state index contributed by atoms with van der Waals surface area (Å²) >= 11 is 0. The normalized spacial score (nSPS) is 23.5. The standard InChI is InChI=1S/C17H20N2O3/c1-17(2)8-11-14(12(20)9-17)15(19-16(21)18-11)10-6-4-5-7-13(10)22-3/h4-7,15H,8-9H2,1-3H3,(H2,18,19,21).